The number of nitrogens with one attached hydrogen (secondary N) is 9. The number of H-pyrrole nitrogens is 1. The number of imidazole rings is 1. The standard InChI is InChI=1S/C64H91N15O22S/c1-40-28-41(2)59(42(3)29-40)102(98,99)74-48(63(96)97)34-70-60(93)45-35-79(49-30-43(8-9-44(49)58(45)92)33-71-64-68-15-16-69-64)17-5-12-65-50(80)10-11-51(81)66-13-6-26-101-27-7-14-67-61(94)46(31-53(83)84)73-62(95)47(32-57(91)100-4)72-52(82)36-75-18-20-76(37-54(85)86)22-24-78(39-56(89)90)25-23-77(21-19-75)38-55(87)88/h8-9,15-16,28-30,35,46-48,74H,5-7,10-14,17-27,31-34,36-39H2,1-4H3,(H,65,80)(H,66,81)(H,67,94)(H,70,93)(H,72,82)(H,73,95)(H,83,84)(H,85,86)(H,87,88)(H,89,90)(H,96,97)(H2,68,69,71)/t46-,47-,48+/m1/s1. The molecule has 4 aromatic rings. The highest BCUT2D eigenvalue weighted by Crippen LogP contribution is 2.23. The molecule has 560 valence electrons. The number of amides is 6. The number of pyridine rings is 1. The molecule has 37 nitrogen and oxygen atoms in total. The van der Waals surface area contributed by atoms with Gasteiger partial charge in [0.05, 0.1) is 56.5 Å². The first-order chi connectivity index (χ1) is 48.4. The number of ether oxygens (including phenoxy) is 2. The van der Waals surface area contributed by atoms with Gasteiger partial charge in [-0.15, -0.1) is 0 Å². The lowest BCUT2D eigenvalue weighted by molar-refractivity contribution is -0.145. The number of aromatic amines is 1. The molecule has 3 heterocycles. The molecule has 2 aromatic heterocycles. The molecule has 3 atom stereocenters. The number of carbonyl (C=O) groups is 12. The van der Waals surface area contributed by atoms with Gasteiger partial charge in [-0.2, -0.15) is 4.72 Å². The summed E-state index contributed by atoms with van der Waals surface area (Å²) in [6, 6.07) is 3.05. The van der Waals surface area contributed by atoms with E-state index in [1.165, 1.54) is 16.0 Å². The number of fused-ring (bicyclic) bond motifs is 1. The van der Waals surface area contributed by atoms with Gasteiger partial charge in [-0.1, -0.05) is 23.8 Å². The fourth-order valence-electron chi connectivity index (χ4n) is 11.0. The lowest BCUT2D eigenvalue weighted by Gasteiger charge is -2.33. The van der Waals surface area contributed by atoms with E-state index in [-0.39, 0.29) is 140 Å². The summed E-state index contributed by atoms with van der Waals surface area (Å²) in [5.41, 5.74) is 1.72. The monoisotopic (exact) mass is 1450 g/mol. The van der Waals surface area contributed by atoms with Crippen molar-refractivity contribution in [3.8, 4) is 0 Å². The lowest BCUT2D eigenvalue weighted by Crippen LogP contribution is -2.56. The number of carboxylic acid groups (broad SMARTS) is 5. The van der Waals surface area contributed by atoms with Crippen molar-refractivity contribution in [1.29, 1.82) is 0 Å². The Balaban J connectivity index is 1.05. The Kier molecular flexibility index (Phi) is 33.8. The van der Waals surface area contributed by atoms with E-state index >= 15 is 0 Å². The molecule has 1 saturated heterocycles. The summed E-state index contributed by atoms with van der Waals surface area (Å²) < 4.78 is 41.0. The number of esters is 1. The summed E-state index contributed by atoms with van der Waals surface area (Å²) in [5.74, 6) is -11.7. The Morgan fingerprint density at radius 2 is 1.15 bits per heavy atom. The van der Waals surface area contributed by atoms with Crippen LogP contribution >= 0.6 is 0 Å². The highest BCUT2D eigenvalue weighted by molar-refractivity contribution is 7.89. The summed E-state index contributed by atoms with van der Waals surface area (Å²) >= 11 is 0. The second-order valence-electron chi connectivity index (χ2n) is 24.2. The van der Waals surface area contributed by atoms with Crippen LogP contribution in [0.25, 0.3) is 10.9 Å². The zero-order valence-electron chi connectivity index (χ0n) is 57.2. The number of anilines is 1. The number of aliphatic carboxylic acids is 5. The van der Waals surface area contributed by atoms with Crippen molar-refractivity contribution < 1.29 is 101 Å². The number of aromatic nitrogens is 3. The predicted octanol–water partition coefficient (Wildman–Crippen LogP) is -2.78. The zero-order chi connectivity index (χ0) is 75.1. The van der Waals surface area contributed by atoms with E-state index in [1.807, 2.05) is 0 Å². The smallest absolute Gasteiger partial charge is 0.323 e. The maximum Gasteiger partial charge on any atom is 0.323 e. The molecule has 0 aliphatic carbocycles. The molecule has 0 spiro atoms. The van der Waals surface area contributed by atoms with Crippen LogP contribution in [0, 0.1) is 20.8 Å². The van der Waals surface area contributed by atoms with Crippen LogP contribution in [0.2, 0.25) is 0 Å². The lowest BCUT2D eigenvalue weighted by atomic mass is 10.1. The molecule has 0 bridgehead atoms. The van der Waals surface area contributed by atoms with Crippen LogP contribution < -0.4 is 47.4 Å². The Morgan fingerprint density at radius 1 is 0.618 bits per heavy atom. The number of hydrogen-bond acceptors (Lipinski definition) is 23. The van der Waals surface area contributed by atoms with E-state index in [2.05, 4.69) is 51.9 Å². The van der Waals surface area contributed by atoms with Gasteiger partial charge in [0.1, 0.15) is 23.7 Å². The molecule has 0 radical (unpaired) electrons. The number of nitrogens with zero attached hydrogens (tertiary/aromatic N) is 6. The highest BCUT2D eigenvalue weighted by Gasteiger charge is 2.33. The molecule has 0 saturated carbocycles. The van der Waals surface area contributed by atoms with Gasteiger partial charge in [-0.25, -0.2) is 13.4 Å². The van der Waals surface area contributed by atoms with Crippen molar-refractivity contribution in [3.05, 3.63) is 87.0 Å². The van der Waals surface area contributed by atoms with Gasteiger partial charge in [0.15, 0.2) is 5.95 Å². The second-order valence-corrected chi connectivity index (χ2v) is 25.8. The molecule has 102 heavy (non-hydrogen) atoms. The Morgan fingerprint density at radius 3 is 1.66 bits per heavy atom. The summed E-state index contributed by atoms with van der Waals surface area (Å²) in [5, 5.41) is 66.6. The van der Waals surface area contributed by atoms with E-state index < -0.39 is 144 Å². The van der Waals surface area contributed by atoms with Crippen molar-refractivity contribution in [1.82, 2.24) is 70.8 Å². The molecule has 1 fully saturated rings. The molecule has 0 unspecified atom stereocenters. The summed E-state index contributed by atoms with van der Waals surface area (Å²) in [7, 11) is -3.36. The molecular weight excluding hydrogens is 1360 g/mol. The molecule has 38 heteroatoms. The second kappa shape index (κ2) is 41.7. The largest absolute Gasteiger partial charge is 0.481 e. The predicted molar refractivity (Wildman–Crippen MR) is 363 cm³/mol. The number of sulfonamides is 1. The van der Waals surface area contributed by atoms with Crippen LogP contribution in [0.15, 0.2) is 58.6 Å². The van der Waals surface area contributed by atoms with Crippen LogP contribution in [0.1, 0.15) is 77.6 Å². The van der Waals surface area contributed by atoms with Gasteiger partial charge in [0, 0.05) is 142 Å². The van der Waals surface area contributed by atoms with E-state index in [4.69, 9.17) is 9.47 Å². The molecule has 6 amide bonds. The SMILES string of the molecule is COC(=O)C[C@@H](NC(=O)CN1CCN(CC(=O)O)CCN(CC(=O)O)CCN(CC(=O)O)CC1)C(=O)N[C@H](CC(=O)O)C(=O)NCCCOCCCNC(=O)CCC(=O)NCCCn1cc(C(=O)NC[C@H](NS(=O)(=O)c2c(C)cc(C)cc2C)C(=O)O)c(=O)c2ccc(CNc3ncc[nH]3)cc21. The van der Waals surface area contributed by atoms with Crippen molar-refractivity contribution in [2.75, 3.05) is 130 Å². The van der Waals surface area contributed by atoms with Crippen molar-refractivity contribution in [2.24, 2.45) is 0 Å². The average Bonchev–Trinajstić information content (AvgIpc) is 0.790. The fraction of sp³-hybridized carbons (Fsp3) is 0.531. The number of hydrogen-bond donors (Lipinski definition) is 14. The summed E-state index contributed by atoms with van der Waals surface area (Å²) in [4.78, 5) is 179. The first-order valence-electron chi connectivity index (χ1n) is 32.7. The van der Waals surface area contributed by atoms with Gasteiger partial charge < -0.3 is 81.8 Å². The number of benzene rings is 2. The number of carboxylic acids is 5. The van der Waals surface area contributed by atoms with Crippen LogP contribution in [0.4, 0.5) is 5.95 Å². The minimum atomic E-state index is -4.39. The normalized spacial score (nSPS) is 14.5. The third-order valence-electron chi connectivity index (χ3n) is 15.9. The van der Waals surface area contributed by atoms with Crippen molar-refractivity contribution >= 4 is 98.1 Å². The third kappa shape index (κ3) is 28.9. The first-order valence-corrected chi connectivity index (χ1v) is 34.2. The zero-order valence-corrected chi connectivity index (χ0v) is 58.0. The van der Waals surface area contributed by atoms with Crippen LogP contribution in [0.5, 0.6) is 0 Å². The minimum absolute atomic E-state index is 0.0445. The average molecular weight is 1450 g/mol. The number of methoxy groups -OCH3 is 1. The quantitative estimate of drug-likeness (QED) is 0.0158. The van der Waals surface area contributed by atoms with Gasteiger partial charge in [-0.3, -0.25) is 81.9 Å². The van der Waals surface area contributed by atoms with Crippen molar-refractivity contribution in [3.63, 3.8) is 0 Å². The van der Waals surface area contributed by atoms with Crippen LogP contribution in [0.3, 0.4) is 0 Å². The minimum Gasteiger partial charge on any atom is -0.481 e. The molecule has 5 rings (SSSR count). The van der Waals surface area contributed by atoms with Crippen LogP contribution in [-0.4, -0.2) is 283 Å². The van der Waals surface area contributed by atoms with E-state index in [9.17, 15) is 96.3 Å². The highest BCUT2D eigenvalue weighted by atomic mass is 32.2. The fourth-order valence-corrected chi connectivity index (χ4v) is 12.6. The van der Waals surface area contributed by atoms with E-state index in [0.29, 0.717) is 35.6 Å². The van der Waals surface area contributed by atoms with E-state index in [0.717, 1.165) is 18.2 Å². The molecule has 1 aliphatic heterocycles. The number of rotatable bonds is 41. The molecule has 2 aromatic carbocycles. The first kappa shape index (κ1) is 82.7. The topological polar surface area (TPSA) is 518 Å². The van der Waals surface area contributed by atoms with E-state index in [1.54, 1.807) is 77.9 Å². The Bertz CT molecular complexity index is 3720. The van der Waals surface area contributed by atoms with Gasteiger partial charge in [0.2, 0.25) is 45.0 Å². The van der Waals surface area contributed by atoms with Gasteiger partial charge >= 0.3 is 35.8 Å². The molecule has 1 aliphatic rings. The summed E-state index contributed by atoms with van der Waals surface area (Å²) in [6.45, 7) is 4.25. The Hall–Kier alpha value is -9.99. The number of aryl methyl sites for hydroxylation is 4. The molecular formula is C64H91N15O22S. The maximum absolute atomic E-state index is 13.9. The maximum atomic E-state index is 13.9. The third-order valence-corrected chi connectivity index (χ3v) is 17.7. The van der Waals surface area contributed by atoms with Gasteiger partial charge in [0.25, 0.3) is 5.91 Å². The summed E-state index contributed by atoms with van der Waals surface area (Å²) in [6.07, 6.45) is 3.39. The van der Waals surface area contributed by atoms with Crippen LogP contribution in [-0.2, 0) is 85.3 Å². The number of carbonyl (C=O) groups excluding carboxylic acids is 7. The molecule has 14 N–H and O–H groups in total. The van der Waals surface area contributed by atoms with Gasteiger partial charge in [-0.05, 0) is 68.9 Å². The Labute approximate surface area is 586 Å². The van der Waals surface area contributed by atoms with Crippen molar-refractivity contribution in [2.45, 2.75) is 102 Å².